The van der Waals surface area contributed by atoms with Gasteiger partial charge in [0.1, 0.15) is 12.2 Å². The average Bonchev–Trinajstić information content (AvgIpc) is 2.86. The van der Waals surface area contributed by atoms with Crippen molar-refractivity contribution in [3.63, 3.8) is 0 Å². The lowest BCUT2D eigenvalue weighted by Crippen LogP contribution is -2.34. The lowest BCUT2D eigenvalue weighted by molar-refractivity contribution is 0.118. The lowest BCUT2D eigenvalue weighted by Gasteiger charge is -2.18. The maximum Gasteiger partial charge on any atom is 0.138 e. The Morgan fingerprint density at radius 3 is 2.94 bits per heavy atom. The van der Waals surface area contributed by atoms with Gasteiger partial charge in [0.15, 0.2) is 0 Å². The summed E-state index contributed by atoms with van der Waals surface area (Å²) in [4.78, 5) is 4.30. The van der Waals surface area contributed by atoms with Crippen molar-refractivity contribution >= 4 is 0 Å². The van der Waals surface area contributed by atoms with Gasteiger partial charge >= 0.3 is 0 Å². The fraction of sp³-hybridized carbons (Fsp3) is 0.833. The third-order valence-electron chi connectivity index (χ3n) is 3.39. The van der Waals surface area contributed by atoms with E-state index < -0.39 is 0 Å². The quantitative estimate of drug-likeness (QED) is 0.854. The van der Waals surface area contributed by atoms with Crippen LogP contribution >= 0.6 is 0 Å². The summed E-state index contributed by atoms with van der Waals surface area (Å²) < 4.78 is 7.50. The van der Waals surface area contributed by atoms with Crippen LogP contribution in [0.2, 0.25) is 0 Å². The van der Waals surface area contributed by atoms with Gasteiger partial charge in [-0.2, -0.15) is 5.10 Å². The van der Waals surface area contributed by atoms with E-state index in [0.717, 1.165) is 25.3 Å². The molecule has 2 heterocycles. The van der Waals surface area contributed by atoms with Crippen LogP contribution in [0.15, 0.2) is 6.33 Å². The van der Waals surface area contributed by atoms with Crippen LogP contribution < -0.4 is 5.73 Å². The van der Waals surface area contributed by atoms with Crippen molar-refractivity contribution in [3.8, 4) is 0 Å². The first-order chi connectivity index (χ1) is 8.08. The first kappa shape index (κ1) is 12.5. The fourth-order valence-corrected chi connectivity index (χ4v) is 2.38. The molecule has 1 aromatic rings. The minimum atomic E-state index is 0.113. The summed E-state index contributed by atoms with van der Waals surface area (Å²) in [5.41, 5.74) is 6.24. The number of rotatable bonds is 4. The highest BCUT2D eigenvalue weighted by Gasteiger charge is 2.28. The van der Waals surface area contributed by atoms with Crippen LogP contribution in [0.4, 0.5) is 0 Å². The molecule has 0 aromatic carbocycles. The molecule has 96 valence electrons. The molecule has 3 atom stereocenters. The second-order valence-corrected chi connectivity index (χ2v) is 5.22. The van der Waals surface area contributed by atoms with Crippen LogP contribution in [0.3, 0.4) is 0 Å². The van der Waals surface area contributed by atoms with E-state index in [4.69, 9.17) is 10.5 Å². The molecule has 0 aliphatic carbocycles. The van der Waals surface area contributed by atoms with Gasteiger partial charge in [0.2, 0.25) is 0 Å². The highest BCUT2D eigenvalue weighted by Crippen LogP contribution is 2.23. The lowest BCUT2D eigenvalue weighted by atomic mass is 9.95. The molecule has 5 heteroatoms. The van der Waals surface area contributed by atoms with Crippen molar-refractivity contribution in [2.45, 2.75) is 51.8 Å². The van der Waals surface area contributed by atoms with Crippen LogP contribution in [0, 0.1) is 5.92 Å². The van der Waals surface area contributed by atoms with Crippen LogP contribution in [0.1, 0.15) is 39.1 Å². The predicted octanol–water partition coefficient (Wildman–Crippen LogP) is 1.15. The number of ether oxygens (including phenoxy) is 1. The zero-order valence-corrected chi connectivity index (χ0v) is 10.8. The summed E-state index contributed by atoms with van der Waals surface area (Å²) in [6.45, 7) is 7.08. The van der Waals surface area contributed by atoms with E-state index in [1.165, 1.54) is 0 Å². The minimum absolute atomic E-state index is 0.113. The molecular weight excluding hydrogens is 216 g/mol. The van der Waals surface area contributed by atoms with Gasteiger partial charge in [-0.15, -0.1) is 0 Å². The molecule has 1 fully saturated rings. The summed E-state index contributed by atoms with van der Waals surface area (Å²) in [5.74, 6) is 1.43. The van der Waals surface area contributed by atoms with Gasteiger partial charge < -0.3 is 10.5 Å². The summed E-state index contributed by atoms with van der Waals surface area (Å²) >= 11 is 0. The van der Waals surface area contributed by atoms with Crippen LogP contribution in [0.5, 0.6) is 0 Å². The Morgan fingerprint density at radius 2 is 2.35 bits per heavy atom. The van der Waals surface area contributed by atoms with Crippen molar-refractivity contribution < 1.29 is 4.74 Å². The van der Waals surface area contributed by atoms with E-state index in [1.807, 2.05) is 4.68 Å². The van der Waals surface area contributed by atoms with Crippen molar-refractivity contribution in [2.75, 3.05) is 6.61 Å². The molecule has 0 bridgehead atoms. The highest BCUT2D eigenvalue weighted by atomic mass is 16.5. The van der Waals surface area contributed by atoms with Gasteiger partial charge in [0, 0.05) is 24.4 Å². The molecule has 1 saturated heterocycles. The monoisotopic (exact) mass is 238 g/mol. The Hall–Kier alpha value is -0.940. The Bertz CT molecular complexity index is 363. The van der Waals surface area contributed by atoms with Gasteiger partial charge in [-0.05, 0) is 27.2 Å². The molecule has 17 heavy (non-hydrogen) atoms. The largest absolute Gasteiger partial charge is 0.378 e. The molecule has 0 amide bonds. The SMILES string of the molecule is CC1CC(C(N)Cc2ncnn2C(C)C)CO1. The van der Waals surface area contributed by atoms with Crippen molar-refractivity contribution in [2.24, 2.45) is 11.7 Å². The zero-order valence-electron chi connectivity index (χ0n) is 10.8. The second-order valence-electron chi connectivity index (χ2n) is 5.22. The average molecular weight is 238 g/mol. The predicted molar refractivity (Wildman–Crippen MR) is 65.6 cm³/mol. The molecule has 1 aliphatic heterocycles. The van der Waals surface area contributed by atoms with Crippen LogP contribution in [0.25, 0.3) is 0 Å². The van der Waals surface area contributed by atoms with Crippen molar-refractivity contribution in [1.82, 2.24) is 14.8 Å². The third-order valence-corrected chi connectivity index (χ3v) is 3.39. The normalized spacial score (nSPS) is 26.6. The Labute approximate surface area is 102 Å². The van der Waals surface area contributed by atoms with E-state index in [0.29, 0.717) is 18.1 Å². The zero-order chi connectivity index (χ0) is 12.4. The molecule has 2 N–H and O–H groups in total. The first-order valence-electron chi connectivity index (χ1n) is 6.33. The summed E-state index contributed by atoms with van der Waals surface area (Å²) in [6.07, 6.45) is 3.78. The number of hydrogen-bond donors (Lipinski definition) is 1. The van der Waals surface area contributed by atoms with E-state index in [9.17, 15) is 0 Å². The van der Waals surface area contributed by atoms with Crippen molar-refractivity contribution in [1.29, 1.82) is 0 Å². The van der Waals surface area contributed by atoms with Crippen LogP contribution in [-0.2, 0) is 11.2 Å². The molecule has 0 radical (unpaired) electrons. The molecule has 1 aliphatic rings. The third kappa shape index (κ3) is 2.84. The fourth-order valence-electron chi connectivity index (χ4n) is 2.38. The number of hydrogen-bond acceptors (Lipinski definition) is 4. The number of nitrogens with zero attached hydrogens (tertiary/aromatic N) is 3. The van der Waals surface area contributed by atoms with Gasteiger partial charge in [-0.3, -0.25) is 0 Å². The van der Waals surface area contributed by atoms with Gasteiger partial charge in [-0.25, -0.2) is 9.67 Å². The van der Waals surface area contributed by atoms with Gasteiger partial charge in [0.25, 0.3) is 0 Å². The molecule has 5 nitrogen and oxygen atoms in total. The molecule has 2 rings (SSSR count). The topological polar surface area (TPSA) is 66.0 Å². The van der Waals surface area contributed by atoms with Crippen LogP contribution in [-0.4, -0.2) is 33.5 Å². The second kappa shape index (κ2) is 5.14. The first-order valence-corrected chi connectivity index (χ1v) is 6.33. The molecule has 1 aromatic heterocycles. The molecule has 3 unspecified atom stereocenters. The van der Waals surface area contributed by atoms with Gasteiger partial charge in [-0.1, -0.05) is 0 Å². The molecular formula is C12H22N4O. The minimum Gasteiger partial charge on any atom is -0.378 e. The number of nitrogens with two attached hydrogens (primary N) is 1. The Kier molecular flexibility index (Phi) is 3.79. The van der Waals surface area contributed by atoms with Gasteiger partial charge in [0.05, 0.1) is 12.7 Å². The maximum absolute atomic E-state index is 6.24. The molecule has 0 saturated carbocycles. The maximum atomic E-state index is 6.24. The summed E-state index contributed by atoms with van der Waals surface area (Å²) in [7, 11) is 0. The molecule has 0 spiro atoms. The Balaban J connectivity index is 1.98. The smallest absolute Gasteiger partial charge is 0.138 e. The number of aromatic nitrogens is 3. The van der Waals surface area contributed by atoms with E-state index >= 15 is 0 Å². The Morgan fingerprint density at radius 1 is 1.59 bits per heavy atom. The highest BCUT2D eigenvalue weighted by molar-refractivity contribution is 4.93. The van der Waals surface area contributed by atoms with E-state index in [-0.39, 0.29) is 6.04 Å². The van der Waals surface area contributed by atoms with E-state index in [1.54, 1.807) is 6.33 Å². The summed E-state index contributed by atoms with van der Waals surface area (Å²) in [5, 5.41) is 4.23. The summed E-state index contributed by atoms with van der Waals surface area (Å²) in [6, 6.07) is 0.445. The standard InChI is InChI=1S/C12H22N4O/c1-8(2)16-12(14-7-15-16)5-11(13)10-4-9(3)17-6-10/h7-11H,4-6,13H2,1-3H3. The van der Waals surface area contributed by atoms with E-state index in [2.05, 4.69) is 30.9 Å². The van der Waals surface area contributed by atoms with Crippen molar-refractivity contribution in [3.05, 3.63) is 12.2 Å².